The minimum atomic E-state index is -0.0920. The molecule has 116 valence electrons. The number of carbonyl (C=O) groups excluding carboxylic acids is 1. The number of anilines is 1. The van der Waals surface area contributed by atoms with Gasteiger partial charge in [-0.3, -0.25) is 4.79 Å². The SMILES string of the molecule is CCN(C(=O)COc1cc(C)ccc1Cl)c1cccc(C)c1. The van der Waals surface area contributed by atoms with E-state index in [1.54, 1.807) is 11.0 Å². The molecule has 0 aliphatic heterocycles. The molecule has 0 bridgehead atoms. The Morgan fingerprint density at radius 1 is 1.14 bits per heavy atom. The zero-order chi connectivity index (χ0) is 16.1. The molecule has 0 aromatic heterocycles. The fourth-order valence-electron chi connectivity index (χ4n) is 2.24. The molecule has 0 aliphatic carbocycles. The molecule has 3 nitrogen and oxygen atoms in total. The topological polar surface area (TPSA) is 29.5 Å². The van der Waals surface area contributed by atoms with Crippen LogP contribution in [0.15, 0.2) is 42.5 Å². The van der Waals surface area contributed by atoms with E-state index >= 15 is 0 Å². The second kappa shape index (κ2) is 7.32. The van der Waals surface area contributed by atoms with Crippen LogP contribution in [0.1, 0.15) is 18.1 Å². The number of likely N-dealkylation sites (N-methyl/N-ethyl adjacent to an activating group) is 1. The fraction of sp³-hybridized carbons (Fsp3) is 0.278. The molecule has 0 heterocycles. The first-order chi connectivity index (χ1) is 10.5. The Labute approximate surface area is 136 Å². The number of hydrogen-bond donors (Lipinski definition) is 0. The summed E-state index contributed by atoms with van der Waals surface area (Å²) in [6, 6.07) is 13.4. The molecule has 2 aromatic rings. The van der Waals surface area contributed by atoms with Crippen molar-refractivity contribution in [3.05, 3.63) is 58.6 Å². The zero-order valence-corrected chi connectivity index (χ0v) is 13.9. The van der Waals surface area contributed by atoms with E-state index in [0.717, 1.165) is 16.8 Å². The number of carbonyl (C=O) groups is 1. The van der Waals surface area contributed by atoms with Crippen molar-refractivity contribution in [2.45, 2.75) is 20.8 Å². The van der Waals surface area contributed by atoms with Gasteiger partial charge in [0.2, 0.25) is 0 Å². The summed E-state index contributed by atoms with van der Waals surface area (Å²) < 4.78 is 5.59. The zero-order valence-electron chi connectivity index (χ0n) is 13.1. The van der Waals surface area contributed by atoms with E-state index < -0.39 is 0 Å². The summed E-state index contributed by atoms with van der Waals surface area (Å²) in [4.78, 5) is 14.1. The minimum Gasteiger partial charge on any atom is -0.482 e. The molecule has 0 radical (unpaired) electrons. The van der Waals surface area contributed by atoms with Crippen LogP contribution in [0.25, 0.3) is 0 Å². The van der Waals surface area contributed by atoms with Crippen molar-refractivity contribution in [1.82, 2.24) is 0 Å². The van der Waals surface area contributed by atoms with Crippen molar-refractivity contribution in [2.24, 2.45) is 0 Å². The van der Waals surface area contributed by atoms with Crippen LogP contribution in [0.5, 0.6) is 5.75 Å². The second-order valence-corrected chi connectivity index (χ2v) is 5.61. The van der Waals surface area contributed by atoms with E-state index in [2.05, 4.69) is 0 Å². The molecule has 0 saturated heterocycles. The Morgan fingerprint density at radius 3 is 2.55 bits per heavy atom. The Hall–Kier alpha value is -2.00. The number of aryl methyl sites for hydroxylation is 2. The maximum absolute atomic E-state index is 12.4. The summed E-state index contributed by atoms with van der Waals surface area (Å²) in [5, 5.41) is 0.511. The third-order valence-electron chi connectivity index (χ3n) is 3.37. The molecule has 0 aliphatic rings. The smallest absolute Gasteiger partial charge is 0.264 e. The van der Waals surface area contributed by atoms with Crippen LogP contribution in [-0.4, -0.2) is 19.1 Å². The number of amides is 1. The quantitative estimate of drug-likeness (QED) is 0.818. The van der Waals surface area contributed by atoms with Crippen LogP contribution >= 0.6 is 11.6 Å². The maximum atomic E-state index is 12.4. The van der Waals surface area contributed by atoms with Crippen molar-refractivity contribution in [1.29, 1.82) is 0 Å². The number of nitrogens with zero attached hydrogens (tertiary/aromatic N) is 1. The van der Waals surface area contributed by atoms with Crippen molar-refractivity contribution >= 4 is 23.2 Å². The molecule has 0 spiro atoms. The Kier molecular flexibility index (Phi) is 5.45. The molecular weight excluding hydrogens is 298 g/mol. The molecule has 1 amide bonds. The average Bonchev–Trinajstić information content (AvgIpc) is 2.49. The van der Waals surface area contributed by atoms with Gasteiger partial charge in [-0.2, -0.15) is 0 Å². The van der Waals surface area contributed by atoms with Crippen molar-refractivity contribution in [2.75, 3.05) is 18.1 Å². The van der Waals surface area contributed by atoms with Crippen LogP contribution in [0, 0.1) is 13.8 Å². The van der Waals surface area contributed by atoms with Gasteiger partial charge in [-0.25, -0.2) is 0 Å². The lowest BCUT2D eigenvalue weighted by molar-refractivity contribution is -0.120. The lowest BCUT2D eigenvalue weighted by Gasteiger charge is -2.21. The summed E-state index contributed by atoms with van der Waals surface area (Å²) in [7, 11) is 0. The van der Waals surface area contributed by atoms with Gasteiger partial charge in [0.15, 0.2) is 6.61 Å². The lowest BCUT2D eigenvalue weighted by Crippen LogP contribution is -2.34. The minimum absolute atomic E-state index is 0.0368. The first-order valence-electron chi connectivity index (χ1n) is 7.27. The van der Waals surface area contributed by atoms with E-state index in [1.165, 1.54) is 0 Å². The van der Waals surface area contributed by atoms with Gasteiger partial charge in [0.05, 0.1) is 5.02 Å². The second-order valence-electron chi connectivity index (χ2n) is 5.20. The Bertz CT molecular complexity index is 670. The normalized spacial score (nSPS) is 10.4. The molecule has 0 saturated carbocycles. The molecule has 0 fully saturated rings. The molecule has 4 heteroatoms. The van der Waals surface area contributed by atoms with E-state index in [-0.39, 0.29) is 12.5 Å². The molecule has 2 aromatic carbocycles. The molecule has 22 heavy (non-hydrogen) atoms. The standard InChI is InChI=1S/C18H20ClNO2/c1-4-20(15-7-5-6-13(2)10-15)18(21)12-22-17-11-14(3)8-9-16(17)19/h5-11H,4,12H2,1-3H3. The number of benzene rings is 2. The van der Waals surface area contributed by atoms with Gasteiger partial charge in [0.1, 0.15) is 5.75 Å². The van der Waals surface area contributed by atoms with Crippen molar-refractivity contribution in [3.63, 3.8) is 0 Å². The predicted molar refractivity (Wildman–Crippen MR) is 90.9 cm³/mol. The highest BCUT2D eigenvalue weighted by Crippen LogP contribution is 2.25. The van der Waals surface area contributed by atoms with Crippen molar-refractivity contribution in [3.8, 4) is 5.75 Å². The fourth-order valence-corrected chi connectivity index (χ4v) is 2.41. The van der Waals surface area contributed by atoms with Crippen LogP contribution < -0.4 is 9.64 Å². The third-order valence-corrected chi connectivity index (χ3v) is 3.68. The monoisotopic (exact) mass is 317 g/mol. The maximum Gasteiger partial charge on any atom is 0.264 e. The van der Waals surface area contributed by atoms with Crippen LogP contribution in [0.3, 0.4) is 0 Å². The molecule has 0 N–H and O–H groups in total. The van der Waals surface area contributed by atoms with E-state index in [4.69, 9.17) is 16.3 Å². The van der Waals surface area contributed by atoms with Crippen LogP contribution in [-0.2, 0) is 4.79 Å². The van der Waals surface area contributed by atoms with Crippen LogP contribution in [0.2, 0.25) is 5.02 Å². The van der Waals surface area contributed by atoms with Gasteiger partial charge in [-0.1, -0.05) is 29.8 Å². The van der Waals surface area contributed by atoms with E-state index in [1.807, 2.05) is 57.2 Å². The first-order valence-corrected chi connectivity index (χ1v) is 7.65. The Balaban J connectivity index is 2.08. The van der Waals surface area contributed by atoms with Gasteiger partial charge in [0.25, 0.3) is 5.91 Å². The molecule has 0 atom stereocenters. The molecule has 0 unspecified atom stereocenters. The van der Waals surface area contributed by atoms with Crippen LogP contribution in [0.4, 0.5) is 5.69 Å². The third kappa shape index (κ3) is 4.01. The number of rotatable bonds is 5. The Morgan fingerprint density at radius 2 is 1.86 bits per heavy atom. The van der Waals surface area contributed by atoms with E-state index in [0.29, 0.717) is 17.3 Å². The van der Waals surface area contributed by atoms with Gasteiger partial charge in [-0.15, -0.1) is 0 Å². The largest absolute Gasteiger partial charge is 0.482 e. The number of hydrogen-bond acceptors (Lipinski definition) is 2. The molecular formula is C18H20ClNO2. The number of halogens is 1. The van der Waals surface area contributed by atoms with Gasteiger partial charge in [0, 0.05) is 12.2 Å². The first kappa shape index (κ1) is 16.4. The summed E-state index contributed by atoms with van der Waals surface area (Å²) in [5.41, 5.74) is 3.04. The summed E-state index contributed by atoms with van der Waals surface area (Å²) in [6.45, 7) is 6.46. The summed E-state index contributed by atoms with van der Waals surface area (Å²) >= 11 is 6.08. The van der Waals surface area contributed by atoms with E-state index in [9.17, 15) is 4.79 Å². The van der Waals surface area contributed by atoms with Gasteiger partial charge >= 0.3 is 0 Å². The van der Waals surface area contributed by atoms with Crippen molar-refractivity contribution < 1.29 is 9.53 Å². The number of ether oxygens (including phenoxy) is 1. The highest BCUT2D eigenvalue weighted by Gasteiger charge is 2.15. The summed E-state index contributed by atoms with van der Waals surface area (Å²) in [6.07, 6.45) is 0. The average molecular weight is 318 g/mol. The summed E-state index contributed by atoms with van der Waals surface area (Å²) in [5.74, 6) is 0.445. The van der Waals surface area contributed by atoms with Gasteiger partial charge in [-0.05, 0) is 56.2 Å². The highest BCUT2D eigenvalue weighted by atomic mass is 35.5. The van der Waals surface area contributed by atoms with Gasteiger partial charge < -0.3 is 9.64 Å². The predicted octanol–water partition coefficient (Wildman–Crippen LogP) is 4.39. The highest BCUT2D eigenvalue weighted by molar-refractivity contribution is 6.32. The lowest BCUT2D eigenvalue weighted by atomic mass is 10.2. The molecule has 2 rings (SSSR count).